The maximum absolute atomic E-state index is 14.3. The Morgan fingerprint density at radius 2 is 1.25 bits per heavy atom. The van der Waals surface area contributed by atoms with Crippen molar-refractivity contribution in [1.29, 1.82) is 0 Å². The van der Waals surface area contributed by atoms with Crippen molar-refractivity contribution in [3.8, 4) is 0 Å². The zero-order valence-electron chi connectivity index (χ0n) is 19.0. The molecule has 4 aromatic rings. The highest BCUT2D eigenvalue weighted by atomic mass is 35.5. The molecule has 0 saturated carbocycles. The van der Waals surface area contributed by atoms with Crippen molar-refractivity contribution in [3.63, 3.8) is 0 Å². The first-order valence-electron chi connectivity index (χ1n) is 11.5. The van der Waals surface area contributed by atoms with Crippen LogP contribution in [0.25, 0.3) is 0 Å². The number of hydrogen-bond donors (Lipinski definition) is 0. The smallest absolute Gasteiger partial charge is 0.209 e. The molecule has 0 N–H and O–H groups in total. The number of hydrazone groups is 1. The van der Waals surface area contributed by atoms with Crippen molar-refractivity contribution in [1.82, 2.24) is 0 Å². The van der Waals surface area contributed by atoms with Gasteiger partial charge in [-0.15, -0.1) is 0 Å². The summed E-state index contributed by atoms with van der Waals surface area (Å²) in [5, 5.41) is 6.72. The molecule has 36 heavy (non-hydrogen) atoms. The zero-order chi connectivity index (χ0) is 24.9. The number of fused-ring (bicyclic) bond motifs is 1. The Hall–Kier alpha value is -4.35. The van der Waals surface area contributed by atoms with E-state index in [0.717, 1.165) is 0 Å². The number of rotatable bonds is 4. The molecule has 1 aliphatic carbocycles. The minimum Gasteiger partial charge on any atom is -0.291 e. The second-order valence-electron chi connectivity index (χ2n) is 8.78. The monoisotopic (exact) mass is 490 g/mol. The number of para-hydroxylation sites is 1. The number of ketones is 3. The Bertz CT molecular complexity index is 1510. The van der Waals surface area contributed by atoms with E-state index in [4.69, 9.17) is 16.7 Å². The Morgan fingerprint density at radius 1 is 0.722 bits per heavy atom. The molecule has 0 unspecified atom stereocenters. The Balaban J connectivity index is 1.65. The number of carbonyl (C=O) groups is 3. The summed E-state index contributed by atoms with van der Waals surface area (Å²) in [4.78, 5) is 42.5. The molecule has 174 valence electrons. The summed E-state index contributed by atoms with van der Waals surface area (Å²) in [6, 6.07) is 31.5. The van der Waals surface area contributed by atoms with Gasteiger partial charge in [0.2, 0.25) is 11.3 Å². The van der Waals surface area contributed by atoms with Crippen molar-refractivity contribution < 1.29 is 14.4 Å². The van der Waals surface area contributed by atoms with Crippen LogP contribution in [0.3, 0.4) is 0 Å². The Morgan fingerprint density at radius 3 is 1.83 bits per heavy atom. The molecule has 0 aromatic heterocycles. The lowest BCUT2D eigenvalue weighted by Crippen LogP contribution is -2.57. The van der Waals surface area contributed by atoms with Gasteiger partial charge in [0.25, 0.3) is 0 Å². The molecule has 1 heterocycles. The van der Waals surface area contributed by atoms with Gasteiger partial charge in [-0.3, -0.25) is 14.4 Å². The maximum atomic E-state index is 14.3. The van der Waals surface area contributed by atoms with E-state index in [1.165, 1.54) is 5.01 Å². The second-order valence-corrected chi connectivity index (χ2v) is 9.22. The first kappa shape index (κ1) is 22.1. The van der Waals surface area contributed by atoms with Gasteiger partial charge in [-0.25, -0.2) is 5.01 Å². The van der Waals surface area contributed by atoms with Crippen LogP contribution in [-0.4, -0.2) is 28.6 Å². The van der Waals surface area contributed by atoms with Crippen molar-refractivity contribution in [2.75, 3.05) is 5.01 Å². The van der Waals surface area contributed by atoms with E-state index >= 15 is 0 Å². The minimum atomic E-state index is -1.78. The van der Waals surface area contributed by atoms with Gasteiger partial charge < -0.3 is 0 Å². The number of hydrogen-bond acceptors (Lipinski definition) is 5. The highest BCUT2D eigenvalue weighted by Gasteiger charge is 2.67. The van der Waals surface area contributed by atoms with Gasteiger partial charge in [0, 0.05) is 21.7 Å². The van der Waals surface area contributed by atoms with E-state index < -0.39 is 11.5 Å². The average molecular weight is 491 g/mol. The summed E-state index contributed by atoms with van der Waals surface area (Å²) < 4.78 is 0. The normalized spacial score (nSPS) is 17.9. The topological polar surface area (TPSA) is 66.8 Å². The molecule has 1 aliphatic heterocycles. The standard InChI is InChI=1S/C30H19ClN2O3/c31-21-17-15-19(16-18-21)25-26(27(34)20-9-3-1-4-10-20)32-33(22-11-5-2-6-12-22)30(25)28(35)23-13-7-8-14-24(23)29(30)36/h1-18,25H/t25-/m0/s1. The van der Waals surface area contributed by atoms with Crippen LogP contribution < -0.4 is 5.01 Å². The molecule has 6 rings (SSSR count). The van der Waals surface area contributed by atoms with E-state index in [1.54, 1.807) is 84.9 Å². The summed E-state index contributed by atoms with van der Waals surface area (Å²) in [7, 11) is 0. The number of anilines is 1. The van der Waals surface area contributed by atoms with E-state index in [2.05, 4.69) is 0 Å². The molecule has 6 heteroatoms. The van der Waals surface area contributed by atoms with Crippen LogP contribution in [0.15, 0.2) is 114 Å². The third-order valence-electron chi connectivity index (χ3n) is 6.81. The van der Waals surface area contributed by atoms with Gasteiger partial charge in [-0.2, -0.15) is 5.10 Å². The fourth-order valence-corrected chi connectivity index (χ4v) is 5.34. The molecule has 1 atom stereocenters. The van der Waals surface area contributed by atoms with Crippen LogP contribution in [0.1, 0.15) is 42.6 Å². The van der Waals surface area contributed by atoms with Gasteiger partial charge in [0.05, 0.1) is 11.6 Å². The first-order chi connectivity index (χ1) is 17.5. The van der Waals surface area contributed by atoms with Gasteiger partial charge >= 0.3 is 0 Å². The molecule has 1 spiro atoms. The quantitative estimate of drug-likeness (QED) is 0.260. The molecule has 2 aliphatic rings. The summed E-state index contributed by atoms with van der Waals surface area (Å²) in [6.45, 7) is 0. The molecular weight excluding hydrogens is 472 g/mol. The number of carbonyl (C=O) groups excluding carboxylic acids is 3. The maximum Gasteiger partial charge on any atom is 0.209 e. The number of halogens is 1. The van der Waals surface area contributed by atoms with Crippen LogP contribution in [0, 0.1) is 0 Å². The predicted molar refractivity (Wildman–Crippen MR) is 139 cm³/mol. The van der Waals surface area contributed by atoms with Gasteiger partial charge in [0.1, 0.15) is 5.71 Å². The van der Waals surface area contributed by atoms with E-state index in [-0.39, 0.29) is 23.1 Å². The lowest BCUT2D eigenvalue weighted by Gasteiger charge is -2.36. The van der Waals surface area contributed by atoms with Crippen molar-refractivity contribution >= 4 is 40.3 Å². The molecular formula is C30H19ClN2O3. The highest BCUT2D eigenvalue weighted by molar-refractivity contribution is 6.52. The largest absolute Gasteiger partial charge is 0.291 e. The third-order valence-corrected chi connectivity index (χ3v) is 7.07. The predicted octanol–water partition coefficient (Wildman–Crippen LogP) is 6.00. The van der Waals surface area contributed by atoms with E-state index in [0.29, 0.717) is 33.0 Å². The molecule has 0 fully saturated rings. The summed E-state index contributed by atoms with van der Waals surface area (Å²) in [6.07, 6.45) is 0. The van der Waals surface area contributed by atoms with E-state index in [1.807, 2.05) is 24.3 Å². The SMILES string of the molecule is O=C(C1=NN(c2ccccc2)C2(C(=O)c3ccccc3C2=O)[C@H]1c1ccc(Cl)cc1)c1ccccc1. The lowest BCUT2D eigenvalue weighted by atomic mass is 9.72. The Kier molecular flexibility index (Phi) is 5.16. The van der Waals surface area contributed by atoms with Crippen molar-refractivity contribution in [2.24, 2.45) is 5.10 Å². The molecule has 4 aromatic carbocycles. The first-order valence-corrected chi connectivity index (χ1v) is 11.9. The highest BCUT2D eigenvalue weighted by Crippen LogP contribution is 2.51. The fraction of sp³-hybridized carbons (Fsp3) is 0.0667. The zero-order valence-corrected chi connectivity index (χ0v) is 19.7. The fourth-order valence-electron chi connectivity index (χ4n) is 5.21. The third kappa shape index (κ3) is 3.10. The van der Waals surface area contributed by atoms with E-state index in [9.17, 15) is 14.4 Å². The van der Waals surface area contributed by atoms with Crippen LogP contribution in [0.5, 0.6) is 0 Å². The summed E-state index contributed by atoms with van der Waals surface area (Å²) in [5.41, 5.74) is 0.574. The molecule has 5 nitrogen and oxygen atoms in total. The van der Waals surface area contributed by atoms with Gasteiger partial charge in [-0.05, 0) is 29.8 Å². The van der Waals surface area contributed by atoms with Crippen LogP contribution in [0.2, 0.25) is 5.02 Å². The van der Waals surface area contributed by atoms with Crippen molar-refractivity contribution in [2.45, 2.75) is 11.5 Å². The number of Topliss-reactive ketones (excluding diaryl/α,β-unsaturated/α-hetero) is 3. The van der Waals surface area contributed by atoms with Gasteiger partial charge in [0.15, 0.2) is 11.6 Å². The second kappa shape index (κ2) is 8.40. The van der Waals surface area contributed by atoms with Crippen molar-refractivity contribution in [3.05, 3.63) is 136 Å². The van der Waals surface area contributed by atoms with Crippen LogP contribution in [-0.2, 0) is 0 Å². The minimum absolute atomic E-state index is 0.127. The van der Waals surface area contributed by atoms with Gasteiger partial charge in [-0.1, -0.05) is 96.5 Å². The lowest BCUT2D eigenvalue weighted by molar-refractivity contribution is 0.0791. The summed E-state index contributed by atoms with van der Waals surface area (Å²) >= 11 is 6.18. The number of benzene rings is 4. The molecule has 0 amide bonds. The average Bonchev–Trinajstić information content (AvgIpc) is 3.40. The number of nitrogens with zero attached hydrogens (tertiary/aromatic N) is 2. The molecule has 0 bridgehead atoms. The molecule has 0 radical (unpaired) electrons. The summed E-state index contributed by atoms with van der Waals surface area (Å²) in [5.74, 6) is -2.06. The Labute approximate surface area is 212 Å². The van der Waals surface area contributed by atoms with Crippen LogP contribution in [0.4, 0.5) is 5.69 Å². The molecule has 0 saturated heterocycles. The van der Waals surface area contributed by atoms with Crippen LogP contribution >= 0.6 is 11.6 Å².